The molecule has 1 aliphatic rings. The van der Waals surface area contributed by atoms with Crippen LogP contribution >= 0.6 is 35.6 Å². The number of fused-ring (bicyclic) bond motifs is 1. The fourth-order valence-electron chi connectivity index (χ4n) is 3.10. The molecule has 3 heterocycles. The number of nitrogens with one attached hydrogen (secondary N) is 1. The number of hydrogen-bond acceptors (Lipinski definition) is 6. The van der Waals surface area contributed by atoms with E-state index >= 15 is 0 Å². The molecular weight excluding hydrogens is 452 g/mol. The first kappa shape index (κ1) is 21.3. The second-order valence-electron chi connectivity index (χ2n) is 6.64. The van der Waals surface area contributed by atoms with Gasteiger partial charge in [-0.2, -0.15) is 0 Å². The fraction of sp³-hybridized carbons (Fsp3) is 0.0909. The highest BCUT2D eigenvalue weighted by atomic mass is 35.5. The highest BCUT2D eigenvalue weighted by molar-refractivity contribution is 8.26. The van der Waals surface area contributed by atoms with Gasteiger partial charge in [-0.15, -0.1) is 6.58 Å². The average molecular weight is 469 g/mol. The smallest absolute Gasteiger partial charge is 0.267 e. The van der Waals surface area contributed by atoms with Crippen LogP contribution in [0.4, 0.5) is 5.82 Å². The molecule has 2 aromatic heterocycles. The van der Waals surface area contributed by atoms with Gasteiger partial charge < -0.3 is 5.32 Å². The standard InChI is InChI=1S/C22H17ClN4O2S2/c1-2-10-24-19-15(20(28)26-11-6-5-9-18(26)25-19)12-17-21(29)27(22(30)31-17)13-14-7-3-4-8-16(14)23/h2-9,11-12,24H,1,10,13H2. The van der Waals surface area contributed by atoms with Crippen LogP contribution in [-0.4, -0.2) is 31.1 Å². The highest BCUT2D eigenvalue weighted by Crippen LogP contribution is 2.34. The molecular formula is C22H17ClN4O2S2. The summed E-state index contributed by atoms with van der Waals surface area (Å²) in [5, 5.41) is 3.65. The molecule has 0 bridgehead atoms. The normalized spacial score (nSPS) is 15.1. The number of halogens is 1. The molecule has 1 aromatic carbocycles. The van der Waals surface area contributed by atoms with E-state index in [0.29, 0.717) is 32.3 Å². The number of rotatable bonds is 6. The lowest BCUT2D eigenvalue weighted by Gasteiger charge is -2.15. The maximum Gasteiger partial charge on any atom is 0.267 e. The Morgan fingerprint density at radius 3 is 2.74 bits per heavy atom. The Morgan fingerprint density at radius 2 is 1.97 bits per heavy atom. The van der Waals surface area contributed by atoms with E-state index in [0.717, 1.165) is 17.3 Å². The van der Waals surface area contributed by atoms with E-state index in [1.54, 1.807) is 42.6 Å². The molecule has 0 unspecified atom stereocenters. The van der Waals surface area contributed by atoms with Crippen molar-refractivity contribution in [1.29, 1.82) is 0 Å². The summed E-state index contributed by atoms with van der Waals surface area (Å²) in [6.07, 6.45) is 4.86. The summed E-state index contributed by atoms with van der Waals surface area (Å²) in [6, 6.07) is 12.6. The van der Waals surface area contributed by atoms with E-state index in [1.165, 1.54) is 9.30 Å². The van der Waals surface area contributed by atoms with E-state index in [1.807, 2.05) is 18.2 Å². The van der Waals surface area contributed by atoms with Gasteiger partial charge in [-0.25, -0.2) is 4.98 Å². The molecule has 9 heteroatoms. The molecule has 0 atom stereocenters. The van der Waals surface area contributed by atoms with Crippen LogP contribution in [0.1, 0.15) is 11.1 Å². The Balaban J connectivity index is 1.74. The van der Waals surface area contributed by atoms with E-state index in [4.69, 9.17) is 23.8 Å². The van der Waals surface area contributed by atoms with Crippen molar-refractivity contribution < 1.29 is 4.79 Å². The minimum absolute atomic E-state index is 0.262. The van der Waals surface area contributed by atoms with Crippen molar-refractivity contribution in [1.82, 2.24) is 14.3 Å². The van der Waals surface area contributed by atoms with Crippen LogP contribution in [0, 0.1) is 0 Å². The lowest BCUT2D eigenvalue weighted by atomic mass is 10.2. The van der Waals surface area contributed by atoms with Gasteiger partial charge in [0.2, 0.25) is 0 Å². The third-order valence-electron chi connectivity index (χ3n) is 4.62. The van der Waals surface area contributed by atoms with Crippen LogP contribution < -0.4 is 10.9 Å². The minimum Gasteiger partial charge on any atom is -0.366 e. The first-order chi connectivity index (χ1) is 15.0. The van der Waals surface area contributed by atoms with Crippen molar-refractivity contribution in [3.8, 4) is 0 Å². The number of pyridine rings is 1. The second kappa shape index (κ2) is 9.05. The van der Waals surface area contributed by atoms with Crippen molar-refractivity contribution in [2.24, 2.45) is 0 Å². The number of hydrogen-bond donors (Lipinski definition) is 1. The molecule has 3 aromatic rings. The topological polar surface area (TPSA) is 66.7 Å². The summed E-state index contributed by atoms with van der Waals surface area (Å²) in [4.78, 5) is 32.6. The van der Waals surface area contributed by atoms with Gasteiger partial charge in [0.05, 0.1) is 17.0 Å². The molecule has 0 saturated carbocycles. The van der Waals surface area contributed by atoms with Crippen molar-refractivity contribution in [2.45, 2.75) is 6.54 Å². The van der Waals surface area contributed by atoms with E-state index in [2.05, 4.69) is 16.9 Å². The van der Waals surface area contributed by atoms with Gasteiger partial charge in [-0.1, -0.05) is 65.9 Å². The maximum atomic E-state index is 13.1. The first-order valence-electron chi connectivity index (χ1n) is 9.34. The number of carbonyl (C=O) groups excluding carboxylic acids is 1. The van der Waals surface area contributed by atoms with Crippen LogP contribution in [0.25, 0.3) is 11.7 Å². The van der Waals surface area contributed by atoms with E-state index in [9.17, 15) is 9.59 Å². The van der Waals surface area contributed by atoms with Crippen molar-refractivity contribution in [2.75, 3.05) is 11.9 Å². The zero-order valence-corrected chi connectivity index (χ0v) is 18.6. The van der Waals surface area contributed by atoms with E-state index in [-0.39, 0.29) is 23.6 Å². The lowest BCUT2D eigenvalue weighted by Crippen LogP contribution is -2.27. The summed E-state index contributed by atoms with van der Waals surface area (Å²) in [7, 11) is 0. The quantitative estimate of drug-likeness (QED) is 0.329. The lowest BCUT2D eigenvalue weighted by molar-refractivity contribution is -0.122. The SMILES string of the molecule is C=CCNc1nc2ccccn2c(=O)c1C=C1SC(=S)N(Cc2ccccc2Cl)C1=O. The number of aromatic nitrogens is 2. The molecule has 0 aliphatic carbocycles. The number of carbonyl (C=O) groups is 1. The third-order valence-corrected chi connectivity index (χ3v) is 6.36. The van der Waals surface area contributed by atoms with Crippen LogP contribution in [0.3, 0.4) is 0 Å². The molecule has 1 aliphatic heterocycles. The first-order valence-corrected chi connectivity index (χ1v) is 10.9. The third kappa shape index (κ3) is 4.27. The molecule has 1 saturated heterocycles. The number of amides is 1. The number of thioether (sulfide) groups is 1. The Bertz CT molecular complexity index is 1300. The molecule has 156 valence electrons. The number of anilines is 1. The second-order valence-corrected chi connectivity index (χ2v) is 8.72. The molecule has 31 heavy (non-hydrogen) atoms. The number of thiocarbonyl (C=S) groups is 1. The van der Waals surface area contributed by atoms with Gasteiger partial charge >= 0.3 is 0 Å². The Morgan fingerprint density at radius 1 is 1.19 bits per heavy atom. The fourth-order valence-corrected chi connectivity index (χ4v) is 4.53. The molecule has 0 spiro atoms. The maximum absolute atomic E-state index is 13.1. The largest absolute Gasteiger partial charge is 0.366 e. The molecule has 1 N–H and O–H groups in total. The summed E-state index contributed by atoms with van der Waals surface area (Å²) < 4.78 is 1.85. The minimum atomic E-state index is -0.284. The Hall–Kier alpha value is -2.94. The molecule has 1 fully saturated rings. The predicted octanol–water partition coefficient (Wildman–Crippen LogP) is 4.35. The highest BCUT2D eigenvalue weighted by Gasteiger charge is 2.33. The summed E-state index contributed by atoms with van der Waals surface area (Å²) in [5.74, 6) is 0.106. The van der Waals surface area contributed by atoms with Gasteiger partial charge in [0, 0.05) is 17.8 Å². The molecule has 1 amide bonds. The Labute approximate surface area is 193 Å². The Kier molecular flexibility index (Phi) is 6.22. The van der Waals surface area contributed by atoms with Gasteiger partial charge in [0.1, 0.15) is 15.8 Å². The molecule has 0 radical (unpaired) electrons. The van der Waals surface area contributed by atoms with Gasteiger partial charge in [-0.05, 0) is 29.8 Å². The molecule has 6 nitrogen and oxygen atoms in total. The predicted molar refractivity (Wildman–Crippen MR) is 130 cm³/mol. The van der Waals surface area contributed by atoms with Crippen molar-refractivity contribution in [3.63, 3.8) is 0 Å². The summed E-state index contributed by atoms with van der Waals surface area (Å²) in [6.45, 7) is 4.37. The van der Waals surface area contributed by atoms with Crippen LogP contribution in [0.5, 0.6) is 0 Å². The zero-order chi connectivity index (χ0) is 22.0. The van der Waals surface area contributed by atoms with Crippen LogP contribution in [0.2, 0.25) is 5.02 Å². The van der Waals surface area contributed by atoms with Crippen molar-refractivity contribution in [3.05, 3.63) is 92.7 Å². The summed E-state index contributed by atoms with van der Waals surface area (Å²) >= 11 is 12.8. The van der Waals surface area contributed by atoms with Crippen LogP contribution in [-0.2, 0) is 11.3 Å². The van der Waals surface area contributed by atoms with Gasteiger partial charge in [0.25, 0.3) is 11.5 Å². The van der Waals surface area contributed by atoms with Crippen molar-refractivity contribution >= 4 is 63.3 Å². The summed E-state index contributed by atoms with van der Waals surface area (Å²) in [5.41, 5.74) is 1.29. The van der Waals surface area contributed by atoms with Gasteiger partial charge in [0.15, 0.2) is 0 Å². The average Bonchev–Trinajstić information content (AvgIpc) is 3.03. The van der Waals surface area contributed by atoms with E-state index < -0.39 is 0 Å². The van der Waals surface area contributed by atoms with Crippen LogP contribution in [0.15, 0.2) is 71.0 Å². The monoisotopic (exact) mass is 468 g/mol. The van der Waals surface area contributed by atoms with Gasteiger partial charge in [-0.3, -0.25) is 18.9 Å². The number of benzene rings is 1. The number of nitrogens with zero attached hydrogens (tertiary/aromatic N) is 3. The zero-order valence-electron chi connectivity index (χ0n) is 16.2. The molecule has 4 rings (SSSR count).